The van der Waals surface area contributed by atoms with Crippen LogP contribution in [0.3, 0.4) is 0 Å². The van der Waals surface area contributed by atoms with Crippen molar-refractivity contribution in [1.82, 2.24) is 15.1 Å². The first-order valence-corrected chi connectivity index (χ1v) is 8.49. The molecule has 5 nitrogen and oxygen atoms in total. The second-order valence-electron chi connectivity index (χ2n) is 6.31. The van der Waals surface area contributed by atoms with Crippen LogP contribution >= 0.6 is 0 Å². The van der Waals surface area contributed by atoms with Gasteiger partial charge >= 0.3 is 6.03 Å². The van der Waals surface area contributed by atoms with E-state index in [-0.39, 0.29) is 11.9 Å². The summed E-state index contributed by atoms with van der Waals surface area (Å²) >= 11 is 0. The van der Waals surface area contributed by atoms with Gasteiger partial charge in [0.25, 0.3) is 0 Å². The molecule has 5 heteroatoms. The van der Waals surface area contributed by atoms with Gasteiger partial charge in [0.05, 0.1) is 0 Å². The van der Waals surface area contributed by atoms with Gasteiger partial charge in [-0.15, -0.1) is 0 Å². The summed E-state index contributed by atoms with van der Waals surface area (Å²) in [6.07, 6.45) is 5.86. The standard InChI is InChI=1S/C16H29N3O2/c1-3-9-18(10-4-2)15(20)13-7-11-19(12-8-13)16(21)17-14-5-6-14/h13-14H,3-12H2,1-2H3,(H,17,21). The Labute approximate surface area is 128 Å². The van der Waals surface area contributed by atoms with Crippen molar-refractivity contribution in [3.05, 3.63) is 0 Å². The van der Waals surface area contributed by atoms with Gasteiger partial charge in [0.15, 0.2) is 0 Å². The lowest BCUT2D eigenvalue weighted by Crippen LogP contribution is -2.48. The van der Waals surface area contributed by atoms with Gasteiger partial charge in [0.1, 0.15) is 0 Å². The summed E-state index contributed by atoms with van der Waals surface area (Å²) < 4.78 is 0. The Morgan fingerprint density at radius 1 is 1.05 bits per heavy atom. The molecule has 0 aromatic heterocycles. The van der Waals surface area contributed by atoms with Gasteiger partial charge in [0.2, 0.25) is 5.91 Å². The van der Waals surface area contributed by atoms with Crippen molar-refractivity contribution in [1.29, 1.82) is 0 Å². The molecule has 120 valence electrons. The van der Waals surface area contributed by atoms with Gasteiger partial charge in [0, 0.05) is 38.1 Å². The van der Waals surface area contributed by atoms with Crippen LogP contribution in [0.4, 0.5) is 4.79 Å². The molecule has 2 rings (SSSR count). The Morgan fingerprint density at radius 2 is 1.62 bits per heavy atom. The van der Waals surface area contributed by atoms with Crippen molar-refractivity contribution in [2.45, 2.75) is 58.4 Å². The number of nitrogens with zero attached hydrogens (tertiary/aromatic N) is 2. The molecule has 0 spiro atoms. The van der Waals surface area contributed by atoms with Crippen LogP contribution in [0.2, 0.25) is 0 Å². The van der Waals surface area contributed by atoms with Crippen LogP contribution in [0.15, 0.2) is 0 Å². The summed E-state index contributed by atoms with van der Waals surface area (Å²) in [4.78, 5) is 28.4. The van der Waals surface area contributed by atoms with E-state index in [1.165, 1.54) is 0 Å². The van der Waals surface area contributed by atoms with Gasteiger partial charge in [-0.1, -0.05) is 13.8 Å². The fraction of sp³-hybridized carbons (Fsp3) is 0.875. The van der Waals surface area contributed by atoms with Crippen molar-refractivity contribution < 1.29 is 9.59 Å². The van der Waals surface area contributed by atoms with Crippen LogP contribution in [0.1, 0.15) is 52.4 Å². The first-order valence-electron chi connectivity index (χ1n) is 8.49. The van der Waals surface area contributed by atoms with Crippen molar-refractivity contribution in [3.63, 3.8) is 0 Å². The molecule has 3 amide bonds. The molecule has 2 aliphatic rings. The van der Waals surface area contributed by atoms with Crippen molar-refractivity contribution in [2.24, 2.45) is 5.92 Å². The van der Waals surface area contributed by atoms with Gasteiger partial charge < -0.3 is 15.1 Å². The van der Waals surface area contributed by atoms with E-state index < -0.39 is 0 Å². The number of hydrogen-bond acceptors (Lipinski definition) is 2. The highest BCUT2D eigenvalue weighted by Crippen LogP contribution is 2.22. The molecule has 1 aliphatic heterocycles. The van der Waals surface area contributed by atoms with Gasteiger partial charge in [-0.2, -0.15) is 0 Å². The smallest absolute Gasteiger partial charge is 0.317 e. The van der Waals surface area contributed by atoms with E-state index in [0.717, 1.165) is 51.6 Å². The fourth-order valence-corrected chi connectivity index (χ4v) is 2.95. The monoisotopic (exact) mass is 295 g/mol. The Balaban J connectivity index is 1.78. The maximum Gasteiger partial charge on any atom is 0.317 e. The molecule has 1 saturated heterocycles. The largest absolute Gasteiger partial charge is 0.342 e. The first-order chi connectivity index (χ1) is 10.2. The SMILES string of the molecule is CCCN(CCC)C(=O)C1CCN(C(=O)NC2CC2)CC1. The lowest BCUT2D eigenvalue weighted by Gasteiger charge is -2.34. The van der Waals surface area contributed by atoms with Gasteiger partial charge in [-0.25, -0.2) is 4.79 Å². The van der Waals surface area contributed by atoms with Crippen molar-refractivity contribution in [3.8, 4) is 0 Å². The average Bonchev–Trinajstić information content (AvgIpc) is 3.30. The quantitative estimate of drug-likeness (QED) is 0.817. The molecule has 0 aromatic carbocycles. The number of carbonyl (C=O) groups excluding carboxylic acids is 2. The number of rotatable bonds is 6. The number of amides is 3. The second kappa shape index (κ2) is 7.66. The second-order valence-corrected chi connectivity index (χ2v) is 6.31. The van der Waals surface area contributed by atoms with E-state index in [1.807, 2.05) is 9.80 Å². The molecule has 1 saturated carbocycles. The molecule has 0 aromatic rings. The highest BCUT2D eigenvalue weighted by Gasteiger charge is 2.31. The van der Waals surface area contributed by atoms with Crippen molar-refractivity contribution >= 4 is 11.9 Å². The van der Waals surface area contributed by atoms with Crippen LogP contribution in [0.5, 0.6) is 0 Å². The van der Waals surface area contributed by atoms with Crippen molar-refractivity contribution in [2.75, 3.05) is 26.2 Å². The average molecular weight is 295 g/mol. The molecule has 1 heterocycles. The minimum absolute atomic E-state index is 0.0578. The molecule has 0 atom stereocenters. The predicted octanol–water partition coefficient (Wildman–Crippen LogP) is 2.22. The zero-order chi connectivity index (χ0) is 15.2. The molecule has 0 unspecified atom stereocenters. The van der Waals surface area contributed by atoms with E-state index in [4.69, 9.17) is 0 Å². The molecule has 21 heavy (non-hydrogen) atoms. The molecule has 1 aliphatic carbocycles. The zero-order valence-corrected chi connectivity index (χ0v) is 13.4. The van der Waals surface area contributed by atoms with Crippen LogP contribution in [-0.4, -0.2) is 54.0 Å². The third-order valence-electron chi connectivity index (χ3n) is 4.34. The third kappa shape index (κ3) is 4.61. The molecule has 2 fully saturated rings. The molecule has 0 bridgehead atoms. The van der Waals surface area contributed by atoms with Crippen LogP contribution in [0.25, 0.3) is 0 Å². The number of hydrogen-bond donors (Lipinski definition) is 1. The van der Waals surface area contributed by atoms with Crippen LogP contribution in [0, 0.1) is 5.92 Å². The number of nitrogens with one attached hydrogen (secondary N) is 1. The first kappa shape index (κ1) is 16.1. The summed E-state index contributed by atoms with van der Waals surface area (Å²) in [6, 6.07) is 0.462. The number of urea groups is 1. The van der Waals surface area contributed by atoms with E-state index >= 15 is 0 Å². The van der Waals surface area contributed by atoms with E-state index in [2.05, 4.69) is 19.2 Å². The van der Waals surface area contributed by atoms with E-state index in [1.54, 1.807) is 0 Å². The Hall–Kier alpha value is -1.26. The number of likely N-dealkylation sites (tertiary alicyclic amines) is 1. The predicted molar refractivity (Wildman–Crippen MR) is 83.0 cm³/mol. The lowest BCUT2D eigenvalue weighted by molar-refractivity contribution is -0.137. The Morgan fingerprint density at radius 3 is 2.10 bits per heavy atom. The van der Waals surface area contributed by atoms with E-state index in [0.29, 0.717) is 25.0 Å². The topological polar surface area (TPSA) is 52.7 Å². The molecular weight excluding hydrogens is 266 g/mol. The Bertz CT molecular complexity index is 355. The summed E-state index contributed by atoms with van der Waals surface area (Å²) in [7, 11) is 0. The summed E-state index contributed by atoms with van der Waals surface area (Å²) in [5.74, 6) is 0.397. The zero-order valence-electron chi connectivity index (χ0n) is 13.4. The normalized spacial score (nSPS) is 19.4. The molecule has 0 radical (unpaired) electrons. The maximum atomic E-state index is 12.5. The molecular formula is C16H29N3O2. The third-order valence-corrected chi connectivity index (χ3v) is 4.34. The number of carbonyl (C=O) groups is 2. The molecule has 1 N–H and O–H groups in total. The summed E-state index contributed by atoms with van der Waals surface area (Å²) in [6.45, 7) is 7.35. The minimum Gasteiger partial charge on any atom is -0.342 e. The fourth-order valence-electron chi connectivity index (χ4n) is 2.95. The van der Waals surface area contributed by atoms with Crippen LogP contribution < -0.4 is 5.32 Å². The highest BCUT2D eigenvalue weighted by atomic mass is 16.2. The van der Waals surface area contributed by atoms with Crippen LogP contribution in [-0.2, 0) is 4.79 Å². The van der Waals surface area contributed by atoms with Gasteiger partial charge in [-0.05, 0) is 38.5 Å². The van der Waals surface area contributed by atoms with Gasteiger partial charge in [-0.3, -0.25) is 4.79 Å². The maximum absolute atomic E-state index is 12.5. The summed E-state index contributed by atoms with van der Waals surface area (Å²) in [5, 5.41) is 3.02. The number of piperidine rings is 1. The summed E-state index contributed by atoms with van der Waals surface area (Å²) in [5.41, 5.74) is 0. The minimum atomic E-state index is 0.0578. The van der Waals surface area contributed by atoms with E-state index in [9.17, 15) is 9.59 Å². The Kier molecular flexibility index (Phi) is 5.88. The highest BCUT2D eigenvalue weighted by molar-refractivity contribution is 5.80. The lowest BCUT2D eigenvalue weighted by atomic mass is 9.95.